The van der Waals surface area contributed by atoms with Gasteiger partial charge in [-0.05, 0) is 43.3 Å². The fourth-order valence-electron chi connectivity index (χ4n) is 3.89. The molecule has 2 aromatic carbocycles. The molecule has 31 heavy (non-hydrogen) atoms. The Labute approximate surface area is 187 Å². The SMILES string of the molecule is CNC(=O)[C@@H](c1ccc(Cl)cc1)N(C)CC(=O)N(c1ccccc1)[C@@H]1CCS(=O)(=O)C1. The number of nitrogens with zero attached hydrogens (tertiary/aromatic N) is 2. The van der Waals surface area contributed by atoms with Crippen LogP contribution in [0.3, 0.4) is 0 Å². The van der Waals surface area contributed by atoms with Gasteiger partial charge in [0.15, 0.2) is 9.84 Å². The Kier molecular flexibility index (Phi) is 7.35. The van der Waals surface area contributed by atoms with Crippen molar-refractivity contribution in [3.63, 3.8) is 0 Å². The summed E-state index contributed by atoms with van der Waals surface area (Å²) in [6.45, 7) is -0.0633. The third kappa shape index (κ3) is 5.64. The van der Waals surface area contributed by atoms with Crippen molar-refractivity contribution in [1.82, 2.24) is 10.2 Å². The Bertz CT molecular complexity index is 1030. The van der Waals surface area contributed by atoms with Crippen LogP contribution < -0.4 is 10.2 Å². The van der Waals surface area contributed by atoms with E-state index in [-0.39, 0.29) is 29.9 Å². The zero-order chi connectivity index (χ0) is 22.6. The monoisotopic (exact) mass is 463 g/mol. The van der Waals surface area contributed by atoms with Gasteiger partial charge in [0.25, 0.3) is 0 Å². The number of nitrogens with one attached hydrogen (secondary N) is 1. The zero-order valence-electron chi connectivity index (χ0n) is 17.5. The number of hydrogen-bond acceptors (Lipinski definition) is 5. The first kappa shape index (κ1) is 23.2. The molecule has 0 bridgehead atoms. The van der Waals surface area contributed by atoms with E-state index in [9.17, 15) is 18.0 Å². The predicted molar refractivity (Wildman–Crippen MR) is 122 cm³/mol. The maximum atomic E-state index is 13.4. The van der Waals surface area contributed by atoms with Crippen molar-refractivity contribution in [2.75, 3.05) is 37.0 Å². The summed E-state index contributed by atoms with van der Waals surface area (Å²) in [6, 6.07) is 14.8. The molecular weight excluding hydrogens is 438 g/mol. The minimum atomic E-state index is -3.18. The quantitative estimate of drug-likeness (QED) is 0.680. The number of carbonyl (C=O) groups excluding carboxylic acids is 2. The van der Waals surface area contributed by atoms with E-state index in [1.807, 2.05) is 18.2 Å². The number of hydrogen-bond donors (Lipinski definition) is 1. The van der Waals surface area contributed by atoms with Crippen molar-refractivity contribution >= 4 is 38.9 Å². The summed E-state index contributed by atoms with van der Waals surface area (Å²) in [5, 5.41) is 3.19. The highest BCUT2D eigenvalue weighted by atomic mass is 35.5. The number of halogens is 1. The molecule has 0 unspecified atom stereocenters. The molecular formula is C22H26ClN3O4S. The van der Waals surface area contributed by atoms with Crippen LogP contribution in [0.5, 0.6) is 0 Å². The first-order valence-electron chi connectivity index (χ1n) is 9.96. The van der Waals surface area contributed by atoms with E-state index < -0.39 is 21.9 Å². The van der Waals surface area contributed by atoms with E-state index in [0.717, 1.165) is 0 Å². The summed E-state index contributed by atoms with van der Waals surface area (Å²) in [7, 11) is 0.0623. The first-order valence-corrected chi connectivity index (χ1v) is 12.2. The van der Waals surface area contributed by atoms with Crippen molar-refractivity contribution in [3.8, 4) is 0 Å². The van der Waals surface area contributed by atoms with Crippen molar-refractivity contribution < 1.29 is 18.0 Å². The van der Waals surface area contributed by atoms with Crippen LogP contribution >= 0.6 is 11.6 Å². The number of sulfone groups is 1. The molecule has 1 aliphatic rings. The summed E-state index contributed by atoms with van der Waals surface area (Å²) in [5.74, 6) is -0.519. The summed E-state index contributed by atoms with van der Waals surface area (Å²) in [6.07, 6.45) is 0.392. The van der Waals surface area contributed by atoms with Gasteiger partial charge in [-0.3, -0.25) is 14.5 Å². The summed E-state index contributed by atoms with van der Waals surface area (Å²) < 4.78 is 24.1. The Morgan fingerprint density at radius 2 is 1.77 bits per heavy atom. The highest BCUT2D eigenvalue weighted by Crippen LogP contribution is 2.26. The van der Waals surface area contributed by atoms with Gasteiger partial charge in [-0.25, -0.2) is 8.42 Å². The molecule has 0 spiro atoms. The van der Waals surface area contributed by atoms with Gasteiger partial charge in [-0.2, -0.15) is 0 Å². The Morgan fingerprint density at radius 1 is 1.13 bits per heavy atom. The van der Waals surface area contributed by atoms with Gasteiger partial charge in [0.2, 0.25) is 11.8 Å². The van der Waals surface area contributed by atoms with E-state index in [1.54, 1.807) is 60.3 Å². The second-order valence-electron chi connectivity index (χ2n) is 7.64. The largest absolute Gasteiger partial charge is 0.358 e. The molecule has 1 fully saturated rings. The molecule has 2 aromatic rings. The van der Waals surface area contributed by atoms with Crippen molar-refractivity contribution in [2.24, 2.45) is 0 Å². The number of benzene rings is 2. The summed E-state index contributed by atoms with van der Waals surface area (Å²) in [4.78, 5) is 29.2. The number of rotatable bonds is 7. The second-order valence-corrected chi connectivity index (χ2v) is 10.3. The smallest absolute Gasteiger partial charge is 0.241 e. The fourth-order valence-corrected chi connectivity index (χ4v) is 5.72. The molecule has 1 heterocycles. The van der Waals surface area contributed by atoms with Crippen LogP contribution in [0.2, 0.25) is 5.02 Å². The fraction of sp³-hybridized carbons (Fsp3) is 0.364. The molecule has 1 aliphatic heterocycles. The lowest BCUT2D eigenvalue weighted by Crippen LogP contribution is -2.48. The van der Waals surface area contributed by atoms with E-state index >= 15 is 0 Å². The van der Waals surface area contributed by atoms with E-state index in [2.05, 4.69) is 5.32 Å². The molecule has 1 saturated heterocycles. The lowest BCUT2D eigenvalue weighted by molar-refractivity contribution is -0.127. The van der Waals surface area contributed by atoms with Gasteiger partial charge in [-0.1, -0.05) is 41.9 Å². The van der Waals surface area contributed by atoms with E-state index in [1.165, 1.54) is 0 Å². The van der Waals surface area contributed by atoms with Gasteiger partial charge >= 0.3 is 0 Å². The molecule has 166 valence electrons. The van der Waals surface area contributed by atoms with Crippen LogP contribution in [-0.2, 0) is 19.4 Å². The number of carbonyl (C=O) groups is 2. The lowest BCUT2D eigenvalue weighted by atomic mass is 10.0. The molecule has 0 aromatic heterocycles. The molecule has 3 rings (SSSR count). The number of para-hydroxylation sites is 1. The average Bonchev–Trinajstić information content (AvgIpc) is 3.09. The third-order valence-corrected chi connectivity index (χ3v) is 7.38. The molecule has 0 aliphatic carbocycles. The minimum Gasteiger partial charge on any atom is -0.358 e. The highest BCUT2D eigenvalue weighted by Gasteiger charge is 2.36. The van der Waals surface area contributed by atoms with Crippen LogP contribution in [0.25, 0.3) is 0 Å². The van der Waals surface area contributed by atoms with Gasteiger partial charge in [-0.15, -0.1) is 0 Å². The number of likely N-dealkylation sites (N-methyl/N-ethyl adjacent to an activating group) is 2. The van der Waals surface area contributed by atoms with Crippen molar-refractivity contribution in [2.45, 2.75) is 18.5 Å². The molecule has 0 radical (unpaired) electrons. The normalized spacial score (nSPS) is 18.5. The molecule has 1 N–H and O–H groups in total. The molecule has 2 atom stereocenters. The molecule has 2 amide bonds. The maximum Gasteiger partial charge on any atom is 0.241 e. The highest BCUT2D eigenvalue weighted by molar-refractivity contribution is 7.91. The number of amides is 2. The van der Waals surface area contributed by atoms with Crippen molar-refractivity contribution in [1.29, 1.82) is 0 Å². The Balaban J connectivity index is 1.87. The minimum absolute atomic E-state index is 0.0621. The molecule has 7 nitrogen and oxygen atoms in total. The zero-order valence-corrected chi connectivity index (χ0v) is 19.1. The average molecular weight is 464 g/mol. The van der Waals surface area contributed by atoms with Crippen molar-refractivity contribution in [3.05, 3.63) is 65.2 Å². The molecule has 9 heteroatoms. The lowest BCUT2D eigenvalue weighted by Gasteiger charge is -2.32. The standard InChI is InChI=1S/C22H26ClN3O4S/c1-24-22(28)21(16-8-10-17(23)11-9-16)25(2)14-20(27)26(18-6-4-3-5-7-18)19-12-13-31(29,30)15-19/h3-11,19,21H,12-15H2,1-2H3,(H,24,28)/t19-,21-/m1/s1. The van der Waals surface area contributed by atoms with E-state index in [0.29, 0.717) is 22.7 Å². The van der Waals surface area contributed by atoms with Crippen LogP contribution in [0.15, 0.2) is 54.6 Å². The van der Waals surface area contributed by atoms with Gasteiger partial charge in [0.1, 0.15) is 6.04 Å². The Hall–Kier alpha value is -2.42. The van der Waals surface area contributed by atoms with Crippen LogP contribution in [-0.4, -0.2) is 63.3 Å². The van der Waals surface area contributed by atoms with Crippen LogP contribution in [0.1, 0.15) is 18.0 Å². The predicted octanol–water partition coefficient (Wildman–Crippen LogP) is 2.28. The van der Waals surface area contributed by atoms with Gasteiger partial charge in [0, 0.05) is 17.8 Å². The van der Waals surface area contributed by atoms with Gasteiger partial charge < -0.3 is 10.2 Å². The molecule has 0 saturated carbocycles. The van der Waals surface area contributed by atoms with Gasteiger partial charge in [0.05, 0.1) is 24.1 Å². The Morgan fingerprint density at radius 3 is 2.32 bits per heavy atom. The summed E-state index contributed by atoms with van der Waals surface area (Å²) >= 11 is 5.97. The number of anilines is 1. The van der Waals surface area contributed by atoms with Crippen LogP contribution in [0.4, 0.5) is 5.69 Å². The second kappa shape index (κ2) is 9.80. The maximum absolute atomic E-state index is 13.4. The third-order valence-electron chi connectivity index (χ3n) is 5.38. The first-order chi connectivity index (χ1) is 14.7. The topological polar surface area (TPSA) is 86.8 Å². The summed E-state index contributed by atoms with van der Waals surface area (Å²) in [5.41, 5.74) is 1.35. The van der Waals surface area contributed by atoms with E-state index in [4.69, 9.17) is 11.6 Å². The van der Waals surface area contributed by atoms with Crippen LogP contribution in [0, 0.1) is 0 Å².